The van der Waals surface area contributed by atoms with Gasteiger partial charge in [-0.3, -0.25) is 9.47 Å². The van der Waals surface area contributed by atoms with E-state index in [-0.39, 0.29) is 17.0 Å². The molecule has 0 saturated carbocycles. The lowest BCUT2D eigenvalue weighted by Gasteiger charge is -2.25. The summed E-state index contributed by atoms with van der Waals surface area (Å²) >= 11 is 0. The normalized spacial score (nSPS) is 12.1. The Labute approximate surface area is 225 Å². The Morgan fingerprint density at radius 1 is 0.974 bits per heavy atom. The van der Waals surface area contributed by atoms with Gasteiger partial charge in [0.1, 0.15) is 22.6 Å². The molecule has 0 atom stereocenters. The van der Waals surface area contributed by atoms with Crippen LogP contribution in [0.25, 0.3) is 27.8 Å². The second kappa shape index (κ2) is 9.40. The highest BCUT2D eigenvalue weighted by Crippen LogP contribution is 2.35. The first-order valence-electron chi connectivity index (χ1n) is 12.4. The van der Waals surface area contributed by atoms with Gasteiger partial charge in [-0.2, -0.15) is 9.61 Å². The van der Waals surface area contributed by atoms with Crippen molar-refractivity contribution >= 4 is 40.5 Å². The van der Waals surface area contributed by atoms with Gasteiger partial charge < -0.3 is 14.6 Å². The molecular formula is C28H33N5O6. The van der Waals surface area contributed by atoms with Crippen molar-refractivity contribution in [2.75, 3.05) is 11.9 Å². The zero-order valence-electron chi connectivity index (χ0n) is 23.6. The molecule has 3 heterocycles. The summed E-state index contributed by atoms with van der Waals surface area (Å²) in [5.74, 6) is -0.984. The molecule has 3 aromatic heterocycles. The number of ether oxygens (including phenoxy) is 2. The maximum Gasteiger partial charge on any atom is 0.419 e. The van der Waals surface area contributed by atoms with Crippen LogP contribution in [0.3, 0.4) is 0 Å². The third kappa shape index (κ3) is 5.43. The van der Waals surface area contributed by atoms with Crippen molar-refractivity contribution in [1.29, 1.82) is 0 Å². The van der Waals surface area contributed by atoms with Gasteiger partial charge in [-0.15, -0.1) is 0 Å². The summed E-state index contributed by atoms with van der Waals surface area (Å²) in [5.41, 5.74) is 1.77. The highest BCUT2D eigenvalue weighted by Gasteiger charge is 2.27. The second-order valence-electron chi connectivity index (χ2n) is 11.5. The molecule has 4 aromatic rings. The summed E-state index contributed by atoms with van der Waals surface area (Å²) in [4.78, 5) is 44.1. The molecule has 0 fully saturated rings. The molecular weight excluding hydrogens is 502 g/mol. The monoisotopic (exact) mass is 535 g/mol. The Kier molecular flexibility index (Phi) is 6.66. The van der Waals surface area contributed by atoms with Crippen LogP contribution in [0.1, 0.15) is 63.0 Å². The molecule has 0 radical (unpaired) electrons. The van der Waals surface area contributed by atoms with E-state index >= 15 is 0 Å². The lowest BCUT2D eigenvalue weighted by atomic mass is 10.0. The first-order chi connectivity index (χ1) is 18.0. The molecule has 0 aliphatic heterocycles. The summed E-state index contributed by atoms with van der Waals surface area (Å²) in [5, 5.41) is 14.7. The predicted octanol–water partition coefficient (Wildman–Crippen LogP) is 5.82. The van der Waals surface area contributed by atoms with E-state index in [1.165, 1.54) is 27.2 Å². The highest BCUT2D eigenvalue weighted by atomic mass is 16.6. The van der Waals surface area contributed by atoms with Crippen LogP contribution in [0.4, 0.5) is 15.4 Å². The third-order valence-corrected chi connectivity index (χ3v) is 5.79. The van der Waals surface area contributed by atoms with Crippen LogP contribution in [0, 0.1) is 13.8 Å². The molecule has 11 nitrogen and oxygen atoms in total. The van der Waals surface area contributed by atoms with Crippen LogP contribution < -0.4 is 4.90 Å². The number of hydrogen-bond donors (Lipinski definition) is 1. The standard InChI is InChI=1S/C28H33N5O6/c1-15-10-16(2)22-17(11-15)19(14-32(22)26(37)39-28(6,7)8)20-12-21(31(9)25(36)38-27(3,4)5)33-23(30-20)18(13-29-33)24(34)35/h10-14H,1-9H3,(H,34,35). The topological polar surface area (TPSA) is 128 Å². The van der Waals surface area contributed by atoms with Gasteiger partial charge in [-0.05, 0) is 67.0 Å². The fourth-order valence-corrected chi connectivity index (χ4v) is 4.31. The number of benzene rings is 1. The van der Waals surface area contributed by atoms with E-state index in [0.29, 0.717) is 16.8 Å². The Hall–Kier alpha value is -4.41. The van der Waals surface area contributed by atoms with Gasteiger partial charge in [0.2, 0.25) is 0 Å². The quantitative estimate of drug-likeness (QED) is 0.347. The number of anilines is 1. The van der Waals surface area contributed by atoms with Gasteiger partial charge >= 0.3 is 18.2 Å². The van der Waals surface area contributed by atoms with Crippen LogP contribution in [-0.4, -0.2) is 60.7 Å². The average molecular weight is 536 g/mol. The third-order valence-electron chi connectivity index (χ3n) is 5.79. The first-order valence-corrected chi connectivity index (χ1v) is 12.4. The lowest BCUT2D eigenvalue weighted by molar-refractivity contribution is 0.0541. The number of carboxylic acids is 1. The highest BCUT2D eigenvalue weighted by molar-refractivity contribution is 6.03. The molecule has 1 amide bonds. The number of hydrogen-bond acceptors (Lipinski definition) is 7. The zero-order valence-corrected chi connectivity index (χ0v) is 23.6. The minimum atomic E-state index is -1.22. The molecule has 4 rings (SSSR count). The summed E-state index contributed by atoms with van der Waals surface area (Å²) in [7, 11) is 1.51. The Morgan fingerprint density at radius 2 is 1.62 bits per heavy atom. The Balaban J connectivity index is 2.01. The molecule has 0 unspecified atom stereocenters. The largest absolute Gasteiger partial charge is 0.477 e. The summed E-state index contributed by atoms with van der Waals surface area (Å²) in [6, 6.07) is 5.50. The number of amides is 1. The second-order valence-corrected chi connectivity index (χ2v) is 11.5. The molecule has 0 bridgehead atoms. The number of aryl methyl sites for hydroxylation is 2. The molecule has 1 N–H and O–H groups in total. The van der Waals surface area contributed by atoms with E-state index in [1.54, 1.807) is 53.8 Å². The van der Waals surface area contributed by atoms with Crippen LogP contribution >= 0.6 is 0 Å². The molecule has 0 aliphatic rings. The van der Waals surface area contributed by atoms with Gasteiger partial charge in [0.05, 0.1) is 17.4 Å². The number of carbonyl (C=O) groups excluding carboxylic acids is 2. The van der Waals surface area contributed by atoms with E-state index in [9.17, 15) is 19.5 Å². The molecule has 1 aromatic carbocycles. The molecule has 0 aliphatic carbocycles. The van der Waals surface area contributed by atoms with Crippen molar-refractivity contribution < 1.29 is 29.0 Å². The van der Waals surface area contributed by atoms with E-state index < -0.39 is 29.4 Å². The number of aromatic carboxylic acids is 1. The Morgan fingerprint density at radius 3 is 2.21 bits per heavy atom. The lowest BCUT2D eigenvalue weighted by Crippen LogP contribution is -2.35. The number of fused-ring (bicyclic) bond motifs is 2. The van der Waals surface area contributed by atoms with Crippen molar-refractivity contribution in [3.05, 3.63) is 47.3 Å². The van der Waals surface area contributed by atoms with Gasteiger partial charge in [0.25, 0.3) is 0 Å². The number of nitrogens with zero attached hydrogens (tertiary/aromatic N) is 5. The van der Waals surface area contributed by atoms with Gasteiger partial charge in [-0.25, -0.2) is 19.4 Å². The van der Waals surface area contributed by atoms with E-state index in [4.69, 9.17) is 9.47 Å². The van der Waals surface area contributed by atoms with Crippen molar-refractivity contribution in [1.82, 2.24) is 19.2 Å². The van der Waals surface area contributed by atoms with Crippen molar-refractivity contribution in [2.45, 2.75) is 66.6 Å². The summed E-state index contributed by atoms with van der Waals surface area (Å²) < 4.78 is 13.9. The van der Waals surface area contributed by atoms with E-state index in [2.05, 4.69) is 10.1 Å². The number of rotatable bonds is 3. The minimum Gasteiger partial charge on any atom is -0.477 e. The first kappa shape index (κ1) is 27.6. The molecule has 39 heavy (non-hydrogen) atoms. The van der Waals surface area contributed by atoms with Gasteiger partial charge in [0, 0.05) is 30.3 Å². The Bertz CT molecular complexity index is 1630. The summed E-state index contributed by atoms with van der Waals surface area (Å²) in [6.07, 6.45) is 1.58. The molecule has 0 saturated heterocycles. The van der Waals surface area contributed by atoms with Crippen LogP contribution in [0.5, 0.6) is 0 Å². The molecule has 11 heteroatoms. The van der Waals surface area contributed by atoms with E-state index in [1.807, 2.05) is 26.0 Å². The van der Waals surface area contributed by atoms with Crippen LogP contribution in [0.15, 0.2) is 30.6 Å². The minimum absolute atomic E-state index is 0.0351. The average Bonchev–Trinajstić information content (AvgIpc) is 3.37. The van der Waals surface area contributed by atoms with E-state index in [0.717, 1.165) is 16.5 Å². The van der Waals surface area contributed by atoms with Crippen molar-refractivity contribution in [3.8, 4) is 11.3 Å². The van der Waals surface area contributed by atoms with Gasteiger partial charge in [0.15, 0.2) is 5.65 Å². The molecule has 0 spiro atoms. The molecule has 206 valence electrons. The fraction of sp³-hybridized carbons (Fsp3) is 0.393. The SMILES string of the molecule is Cc1cc(C)c2c(c1)c(-c1cc(N(C)C(=O)OC(C)(C)C)n3ncc(C(=O)O)c3n1)cn2C(=O)OC(C)(C)C. The van der Waals surface area contributed by atoms with Crippen LogP contribution in [-0.2, 0) is 9.47 Å². The maximum atomic E-state index is 13.2. The fourth-order valence-electron chi connectivity index (χ4n) is 4.31. The predicted molar refractivity (Wildman–Crippen MR) is 147 cm³/mol. The van der Waals surface area contributed by atoms with Crippen molar-refractivity contribution in [3.63, 3.8) is 0 Å². The van der Waals surface area contributed by atoms with Gasteiger partial charge in [-0.1, -0.05) is 11.6 Å². The summed E-state index contributed by atoms with van der Waals surface area (Å²) in [6.45, 7) is 14.5. The maximum absolute atomic E-state index is 13.2. The number of carboxylic acid groups (broad SMARTS) is 1. The number of carbonyl (C=O) groups is 3. The zero-order chi connectivity index (χ0) is 29.0. The number of aromatic nitrogens is 4. The smallest absolute Gasteiger partial charge is 0.419 e. The van der Waals surface area contributed by atoms with Crippen LogP contribution in [0.2, 0.25) is 0 Å². The van der Waals surface area contributed by atoms with Crippen molar-refractivity contribution in [2.24, 2.45) is 0 Å².